The lowest BCUT2D eigenvalue weighted by Crippen LogP contribution is -2.12. The zero-order valence-corrected chi connectivity index (χ0v) is 9.30. The zero-order chi connectivity index (χ0) is 12.8. The summed E-state index contributed by atoms with van der Waals surface area (Å²) in [5.74, 6) is -0.667. The van der Waals surface area contributed by atoms with Crippen LogP contribution in [0.1, 0.15) is 12.5 Å². The number of amides is 1. The number of nitrogens with zero attached hydrogens (tertiary/aromatic N) is 1. The van der Waals surface area contributed by atoms with Crippen LogP contribution in [0.5, 0.6) is 11.5 Å². The molecule has 0 heterocycles. The topological polar surface area (TPSA) is 96.3 Å². The molecule has 0 aromatic heterocycles. The summed E-state index contributed by atoms with van der Waals surface area (Å²) in [5, 5.41) is 18.5. The Labute approximate surface area is 98.7 Å². The minimum atomic E-state index is -0.839. The molecule has 0 unspecified atom stereocenters. The number of rotatable bonds is 4. The van der Waals surface area contributed by atoms with Crippen molar-refractivity contribution in [2.24, 2.45) is 5.73 Å². The SMILES string of the molecule is CCOc1cccc(C=C(C#N)C(N)=O)c1O. The molecule has 0 aliphatic rings. The number of hydrogen-bond acceptors (Lipinski definition) is 4. The molecule has 0 radical (unpaired) electrons. The van der Waals surface area contributed by atoms with Gasteiger partial charge in [0.15, 0.2) is 11.5 Å². The normalized spacial score (nSPS) is 10.7. The van der Waals surface area contributed by atoms with Crippen molar-refractivity contribution < 1.29 is 14.6 Å². The Morgan fingerprint density at radius 2 is 2.35 bits per heavy atom. The number of carbonyl (C=O) groups excluding carboxylic acids is 1. The first-order valence-electron chi connectivity index (χ1n) is 4.96. The number of phenols is 1. The third-order valence-electron chi connectivity index (χ3n) is 2.02. The van der Waals surface area contributed by atoms with Crippen LogP contribution in [0, 0.1) is 11.3 Å². The van der Waals surface area contributed by atoms with Gasteiger partial charge < -0.3 is 15.6 Å². The highest BCUT2D eigenvalue weighted by atomic mass is 16.5. The molecule has 0 spiro atoms. The summed E-state index contributed by atoms with van der Waals surface area (Å²) in [6.07, 6.45) is 1.22. The summed E-state index contributed by atoms with van der Waals surface area (Å²) < 4.78 is 5.17. The molecule has 0 saturated carbocycles. The van der Waals surface area contributed by atoms with E-state index in [1.807, 2.05) is 0 Å². The number of aromatic hydroxyl groups is 1. The van der Waals surface area contributed by atoms with Gasteiger partial charge >= 0.3 is 0 Å². The van der Waals surface area contributed by atoms with Crippen molar-refractivity contribution >= 4 is 12.0 Å². The Bertz CT molecular complexity index is 501. The van der Waals surface area contributed by atoms with Gasteiger partial charge in [-0.2, -0.15) is 5.26 Å². The Morgan fingerprint density at radius 3 is 2.88 bits per heavy atom. The molecule has 3 N–H and O–H groups in total. The number of benzene rings is 1. The van der Waals surface area contributed by atoms with Gasteiger partial charge in [0.1, 0.15) is 11.6 Å². The quantitative estimate of drug-likeness (QED) is 0.601. The van der Waals surface area contributed by atoms with Gasteiger partial charge in [0.25, 0.3) is 5.91 Å². The van der Waals surface area contributed by atoms with Gasteiger partial charge in [-0.15, -0.1) is 0 Å². The largest absolute Gasteiger partial charge is 0.504 e. The van der Waals surface area contributed by atoms with E-state index in [0.717, 1.165) is 0 Å². The van der Waals surface area contributed by atoms with E-state index in [1.165, 1.54) is 6.08 Å². The predicted molar refractivity (Wildman–Crippen MR) is 62.1 cm³/mol. The van der Waals surface area contributed by atoms with Crippen LogP contribution in [0.15, 0.2) is 23.8 Å². The van der Waals surface area contributed by atoms with Crippen LogP contribution in [0.3, 0.4) is 0 Å². The molecule has 1 rings (SSSR count). The van der Waals surface area contributed by atoms with E-state index in [0.29, 0.717) is 17.9 Å². The lowest BCUT2D eigenvalue weighted by atomic mass is 10.1. The highest BCUT2D eigenvalue weighted by Crippen LogP contribution is 2.31. The summed E-state index contributed by atoms with van der Waals surface area (Å²) in [4.78, 5) is 10.9. The third kappa shape index (κ3) is 2.98. The molecule has 0 aliphatic carbocycles. The second kappa shape index (κ2) is 5.56. The van der Waals surface area contributed by atoms with E-state index in [4.69, 9.17) is 15.7 Å². The fourth-order valence-electron chi connectivity index (χ4n) is 1.24. The maximum Gasteiger partial charge on any atom is 0.259 e. The average Bonchev–Trinajstić information content (AvgIpc) is 2.30. The van der Waals surface area contributed by atoms with Crippen molar-refractivity contribution in [3.05, 3.63) is 29.3 Å². The molecule has 17 heavy (non-hydrogen) atoms. The van der Waals surface area contributed by atoms with Gasteiger partial charge in [-0.05, 0) is 19.1 Å². The Morgan fingerprint density at radius 1 is 1.65 bits per heavy atom. The molecule has 0 bridgehead atoms. The second-order valence-electron chi connectivity index (χ2n) is 3.16. The zero-order valence-electron chi connectivity index (χ0n) is 9.30. The highest BCUT2D eigenvalue weighted by molar-refractivity contribution is 6.00. The number of nitriles is 1. The van der Waals surface area contributed by atoms with E-state index >= 15 is 0 Å². The van der Waals surface area contributed by atoms with Gasteiger partial charge in [0, 0.05) is 5.56 Å². The third-order valence-corrected chi connectivity index (χ3v) is 2.02. The molecule has 5 heteroatoms. The van der Waals surface area contributed by atoms with Crippen LogP contribution >= 0.6 is 0 Å². The van der Waals surface area contributed by atoms with Crippen LogP contribution in [0.4, 0.5) is 0 Å². The van der Waals surface area contributed by atoms with E-state index < -0.39 is 5.91 Å². The molecular formula is C12H12N2O3. The Balaban J connectivity index is 3.20. The van der Waals surface area contributed by atoms with Gasteiger partial charge in [-0.1, -0.05) is 12.1 Å². The van der Waals surface area contributed by atoms with Gasteiger partial charge in [-0.25, -0.2) is 0 Å². The van der Waals surface area contributed by atoms with Crippen molar-refractivity contribution in [3.63, 3.8) is 0 Å². The number of carbonyl (C=O) groups is 1. The molecule has 0 fully saturated rings. The Kier molecular flexibility index (Phi) is 4.12. The van der Waals surface area contributed by atoms with Crippen molar-refractivity contribution in [1.29, 1.82) is 5.26 Å². The lowest BCUT2D eigenvalue weighted by Gasteiger charge is -2.07. The summed E-state index contributed by atoms with van der Waals surface area (Å²) in [7, 11) is 0. The summed E-state index contributed by atoms with van der Waals surface area (Å²) in [5.41, 5.74) is 5.08. The molecule has 0 aliphatic heterocycles. The van der Waals surface area contributed by atoms with E-state index in [-0.39, 0.29) is 11.3 Å². The molecule has 88 valence electrons. The molecule has 5 nitrogen and oxygen atoms in total. The van der Waals surface area contributed by atoms with Crippen LogP contribution in [0.2, 0.25) is 0 Å². The molecule has 1 amide bonds. The first-order chi connectivity index (χ1) is 8.10. The van der Waals surface area contributed by atoms with Gasteiger partial charge in [0.05, 0.1) is 6.61 Å². The van der Waals surface area contributed by atoms with Crippen molar-refractivity contribution in [3.8, 4) is 17.6 Å². The van der Waals surface area contributed by atoms with Crippen LogP contribution < -0.4 is 10.5 Å². The highest BCUT2D eigenvalue weighted by Gasteiger charge is 2.09. The summed E-state index contributed by atoms with van der Waals surface area (Å²) in [6, 6.07) is 6.45. The summed E-state index contributed by atoms with van der Waals surface area (Å²) >= 11 is 0. The lowest BCUT2D eigenvalue weighted by molar-refractivity contribution is -0.114. The molecular weight excluding hydrogens is 220 g/mol. The van der Waals surface area contributed by atoms with Gasteiger partial charge in [0.2, 0.25) is 0 Å². The Hall–Kier alpha value is -2.48. The van der Waals surface area contributed by atoms with Crippen molar-refractivity contribution in [2.45, 2.75) is 6.92 Å². The van der Waals surface area contributed by atoms with E-state index in [1.54, 1.807) is 31.2 Å². The van der Waals surface area contributed by atoms with E-state index in [2.05, 4.69) is 0 Å². The van der Waals surface area contributed by atoms with E-state index in [9.17, 15) is 9.90 Å². The minimum absolute atomic E-state index is 0.122. The standard InChI is InChI=1S/C12H12N2O3/c1-2-17-10-5-3-4-8(11(10)15)6-9(7-13)12(14)16/h3-6,15H,2H2,1H3,(H2,14,16). The fourth-order valence-corrected chi connectivity index (χ4v) is 1.24. The molecule has 1 aromatic rings. The first-order valence-corrected chi connectivity index (χ1v) is 4.96. The van der Waals surface area contributed by atoms with Crippen LogP contribution in [-0.4, -0.2) is 17.6 Å². The molecule has 0 atom stereocenters. The van der Waals surface area contributed by atoms with Crippen LogP contribution in [0.25, 0.3) is 6.08 Å². The maximum absolute atomic E-state index is 10.9. The fraction of sp³-hybridized carbons (Fsp3) is 0.167. The monoisotopic (exact) mass is 232 g/mol. The van der Waals surface area contributed by atoms with Crippen LogP contribution in [-0.2, 0) is 4.79 Å². The first kappa shape index (κ1) is 12.6. The number of nitrogens with two attached hydrogens (primary N) is 1. The predicted octanol–water partition coefficient (Wildman–Crippen LogP) is 1.18. The number of hydrogen-bond donors (Lipinski definition) is 2. The maximum atomic E-state index is 10.9. The van der Waals surface area contributed by atoms with Gasteiger partial charge in [-0.3, -0.25) is 4.79 Å². The number of para-hydroxylation sites is 1. The van der Waals surface area contributed by atoms with Crippen molar-refractivity contribution in [2.75, 3.05) is 6.61 Å². The number of phenolic OH excluding ortho intramolecular Hbond substituents is 1. The van der Waals surface area contributed by atoms with Crippen molar-refractivity contribution in [1.82, 2.24) is 0 Å². The number of ether oxygens (including phenoxy) is 1. The molecule has 0 saturated heterocycles. The minimum Gasteiger partial charge on any atom is -0.504 e. The number of primary amides is 1. The summed E-state index contributed by atoms with van der Waals surface area (Å²) in [6.45, 7) is 2.19. The molecule has 1 aromatic carbocycles. The smallest absolute Gasteiger partial charge is 0.259 e. The second-order valence-corrected chi connectivity index (χ2v) is 3.16. The average molecular weight is 232 g/mol.